The van der Waals surface area contributed by atoms with Crippen molar-refractivity contribution in [3.05, 3.63) is 29.8 Å². The summed E-state index contributed by atoms with van der Waals surface area (Å²) < 4.78 is 0. The van der Waals surface area contributed by atoms with Gasteiger partial charge < -0.3 is 10.6 Å². The summed E-state index contributed by atoms with van der Waals surface area (Å²) in [5.74, 6) is 1.04. The summed E-state index contributed by atoms with van der Waals surface area (Å²) in [5.41, 5.74) is 1.31. The third kappa shape index (κ3) is 5.17. The van der Waals surface area contributed by atoms with Gasteiger partial charge in [0.15, 0.2) is 0 Å². The van der Waals surface area contributed by atoms with Crippen LogP contribution in [0.2, 0.25) is 0 Å². The van der Waals surface area contributed by atoms with Crippen LogP contribution >= 0.6 is 11.8 Å². The van der Waals surface area contributed by atoms with Crippen LogP contribution in [0.15, 0.2) is 29.2 Å². The molecule has 0 spiro atoms. The molecule has 110 valence electrons. The number of thioether (sulfide) groups is 1. The first kappa shape index (κ1) is 15.4. The summed E-state index contributed by atoms with van der Waals surface area (Å²) in [7, 11) is 0. The van der Waals surface area contributed by atoms with Gasteiger partial charge >= 0.3 is 0 Å². The van der Waals surface area contributed by atoms with Crippen LogP contribution in [0.3, 0.4) is 0 Å². The third-order valence-corrected chi connectivity index (χ3v) is 4.44. The molecule has 1 aliphatic rings. The Morgan fingerprint density at radius 1 is 1.35 bits per heavy atom. The van der Waals surface area contributed by atoms with Crippen LogP contribution in [-0.4, -0.2) is 24.2 Å². The van der Waals surface area contributed by atoms with Gasteiger partial charge in [0.05, 0.1) is 0 Å². The molecule has 1 aliphatic carbocycles. The minimum absolute atomic E-state index is 0.192. The molecule has 4 heteroatoms. The van der Waals surface area contributed by atoms with Gasteiger partial charge in [0, 0.05) is 29.2 Å². The Hall–Kier alpha value is -1.00. The van der Waals surface area contributed by atoms with Crippen molar-refractivity contribution < 1.29 is 4.79 Å². The monoisotopic (exact) mass is 292 g/mol. The number of carbonyl (C=O) groups excluding carboxylic acids is 1. The van der Waals surface area contributed by atoms with Crippen LogP contribution in [0.4, 0.5) is 0 Å². The zero-order chi connectivity index (χ0) is 14.4. The Labute approximate surface area is 125 Å². The topological polar surface area (TPSA) is 41.1 Å². The Morgan fingerprint density at radius 2 is 2.05 bits per heavy atom. The van der Waals surface area contributed by atoms with Crippen molar-refractivity contribution in [1.29, 1.82) is 0 Å². The molecule has 3 nitrogen and oxygen atoms in total. The van der Waals surface area contributed by atoms with E-state index in [0.717, 1.165) is 25.1 Å². The van der Waals surface area contributed by atoms with Crippen LogP contribution in [0.5, 0.6) is 0 Å². The molecule has 1 unspecified atom stereocenters. The number of hydrogen-bond acceptors (Lipinski definition) is 3. The Bertz CT molecular complexity index is 429. The fourth-order valence-corrected chi connectivity index (χ4v) is 2.92. The quantitative estimate of drug-likeness (QED) is 0.723. The summed E-state index contributed by atoms with van der Waals surface area (Å²) >= 11 is 1.75. The summed E-state index contributed by atoms with van der Waals surface area (Å²) in [5, 5.41) is 6.42. The maximum atomic E-state index is 11.6. The highest BCUT2D eigenvalue weighted by atomic mass is 32.2. The van der Waals surface area contributed by atoms with Gasteiger partial charge in [0.25, 0.3) is 0 Å². The normalized spacial score (nSPS) is 15.9. The van der Waals surface area contributed by atoms with E-state index in [1.807, 2.05) is 0 Å². The first-order valence-electron chi connectivity index (χ1n) is 7.44. The lowest BCUT2D eigenvalue weighted by molar-refractivity contribution is -0.120. The van der Waals surface area contributed by atoms with Gasteiger partial charge in [0.1, 0.15) is 0 Å². The second kappa shape index (κ2) is 7.70. The Kier molecular flexibility index (Phi) is 5.92. The zero-order valence-corrected chi connectivity index (χ0v) is 13.1. The fraction of sp³-hybridized carbons (Fsp3) is 0.562. The van der Waals surface area contributed by atoms with Gasteiger partial charge in [-0.05, 0) is 44.0 Å². The van der Waals surface area contributed by atoms with E-state index in [2.05, 4.69) is 48.7 Å². The number of benzene rings is 1. The minimum Gasteiger partial charge on any atom is -0.353 e. The van der Waals surface area contributed by atoms with Crippen molar-refractivity contribution in [3.63, 3.8) is 0 Å². The lowest BCUT2D eigenvalue weighted by atomic mass is 10.1. The number of amides is 1. The van der Waals surface area contributed by atoms with E-state index in [4.69, 9.17) is 0 Å². The molecule has 0 bridgehead atoms. The lowest BCUT2D eigenvalue weighted by Crippen LogP contribution is -2.25. The van der Waals surface area contributed by atoms with Crippen molar-refractivity contribution in [2.45, 2.75) is 50.1 Å². The summed E-state index contributed by atoms with van der Waals surface area (Å²) in [6.45, 7) is 5.27. The molecule has 1 aromatic rings. The standard InChI is InChI=1S/C16H24N2OS/c1-3-17-12(2)13-4-8-15(9-5-13)20-11-10-16(19)18-14-6-7-14/h4-5,8-9,12,14,17H,3,6-7,10-11H2,1-2H3,(H,18,19). The first-order chi connectivity index (χ1) is 9.69. The maximum Gasteiger partial charge on any atom is 0.221 e. The van der Waals surface area contributed by atoms with E-state index < -0.39 is 0 Å². The zero-order valence-electron chi connectivity index (χ0n) is 12.3. The molecule has 0 saturated heterocycles. The summed E-state index contributed by atoms with van der Waals surface area (Å²) in [6.07, 6.45) is 2.92. The van der Waals surface area contributed by atoms with Gasteiger partial charge in [0.2, 0.25) is 5.91 Å². The molecule has 1 amide bonds. The maximum absolute atomic E-state index is 11.6. The van der Waals surface area contributed by atoms with E-state index in [0.29, 0.717) is 18.5 Å². The molecule has 0 radical (unpaired) electrons. The highest BCUT2D eigenvalue weighted by molar-refractivity contribution is 7.99. The average Bonchev–Trinajstić information content (AvgIpc) is 3.23. The van der Waals surface area contributed by atoms with Crippen LogP contribution in [-0.2, 0) is 4.79 Å². The highest BCUT2D eigenvalue weighted by Gasteiger charge is 2.22. The number of nitrogens with one attached hydrogen (secondary N) is 2. The molecule has 1 aromatic carbocycles. The van der Waals surface area contributed by atoms with Crippen LogP contribution in [0, 0.1) is 0 Å². The van der Waals surface area contributed by atoms with Crippen molar-refractivity contribution >= 4 is 17.7 Å². The lowest BCUT2D eigenvalue weighted by Gasteiger charge is -2.13. The minimum atomic E-state index is 0.192. The van der Waals surface area contributed by atoms with Gasteiger partial charge in [-0.2, -0.15) is 0 Å². The van der Waals surface area contributed by atoms with Gasteiger partial charge in [-0.15, -0.1) is 11.8 Å². The van der Waals surface area contributed by atoms with E-state index in [1.165, 1.54) is 10.5 Å². The van der Waals surface area contributed by atoms with Crippen molar-refractivity contribution in [3.8, 4) is 0 Å². The molecule has 2 N–H and O–H groups in total. The van der Waals surface area contributed by atoms with Crippen molar-refractivity contribution in [2.75, 3.05) is 12.3 Å². The molecular weight excluding hydrogens is 268 g/mol. The van der Waals surface area contributed by atoms with E-state index in [1.54, 1.807) is 11.8 Å². The number of hydrogen-bond donors (Lipinski definition) is 2. The third-order valence-electron chi connectivity index (χ3n) is 3.43. The smallest absolute Gasteiger partial charge is 0.221 e. The second-order valence-electron chi connectivity index (χ2n) is 5.29. The second-order valence-corrected chi connectivity index (χ2v) is 6.46. The highest BCUT2D eigenvalue weighted by Crippen LogP contribution is 2.22. The molecule has 0 heterocycles. The predicted molar refractivity (Wildman–Crippen MR) is 85.0 cm³/mol. The molecule has 0 aromatic heterocycles. The largest absolute Gasteiger partial charge is 0.353 e. The average molecular weight is 292 g/mol. The van der Waals surface area contributed by atoms with E-state index in [-0.39, 0.29) is 5.91 Å². The van der Waals surface area contributed by atoms with Gasteiger partial charge in [-0.1, -0.05) is 19.1 Å². The van der Waals surface area contributed by atoms with Gasteiger partial charge in [-0.25, -0.2) is 0 Å². The molecule has 1 fully saturated rings. The van der Waals surface area contributed by atoms with E-state index >= 15 is 0 Å². The first-order valence-corrected chi connectivity index (χ1v) is 8.43. The van der Waals surface area contributed by atoms with Crippen LogP contribution in [0.25, 0.3) is 0 Å². The molecule has 20 heavy (non-hydrogen) atoms. The SMILES string of the molecule is CCNC(C)c1ccc(SCCC(=O)NC2CC2)cc1. The van der Waals surface area contributed by atoms with Crippen LogP contribution < -0.4 is 10.6 Å². The number of rotatable bonds is 8. The summed E-state index contributed by atoms with van der Waals surface area (Å²) in [6, 6.07) is 9.49. The molecule has 1 atom stereocenters. The van der Waals surface area contributed by atoms with Crippen LogP contribution in [0.1, 0.15) is 44.7 Å². The predicted octanol–water partition coefficient (Wildman–Crippen LogP) is 3.12. The van der Waals surface area contributed by atoms with E-state index in [9.17, 15) is 4.79 Å². The van der Waals surface area contributed by atoms with Crippen molar-refractivity contribution in [2.24, 2.45) is 0 Å². The molecular formula is C16H24N2OS. The molecule has 1 saturated carbocycles. The fourth-order valence-electron chi connectivity index (χ4n) is 2.07. The van der Waals surface area contributed by atoms with Crippen molar-refractivity contribution in [1.82, 2.24) is 10.6 Å². The Morgan fingerprint density at radius 3 is 2.65 bits per heavy atom. The number of carbonyl (C=O) groups is 1. The molecule has 0 aliphatic heterocycles. The van der Waals surface area contributed by atoms with Gasteiger partial charge in [-0.3, -0.25) is 4.79 Å². The Balaban J connectivity index is 1.71. The summed E-state index contributed by atoms with van der Waals surface area (Å²) in [4.78, 5) is 12.8. The molecule has 2 rings (SSSR count).